The third kappa shape index (κ3) is 4.38. The number of carbonyl (C=O) groups is 1. The highest BCUT2D eigenvalue weighted by atomic mass is 35.5. The van der Waals surface area contributed by atoms with Gasteiger partial charge in [-0.3, -0.25) is 4.79 Å². The zero-order chi connectivity index (χ0) is 23.9. The Morgan fingerprint density at radius 3 is 2.59 bits per heavy atom. The molecule has 0 aliphatic carbocycles. The quantitative estimate of drug-likeness (QED) is 0.464. The summed E-state index contributed by atoms with van der Waals surface area (Å²) in [7, 11) is 0. The van der Waals surface area contributed by atoms with Gasteiger partial charge in [-0.25, -0.2) is 4.68 Å². The monoisotopic (exact) mass is 506 g/mol. The Morgan fingerprint density at radius 1 is 1.12 bits per heavy atom. The summed E-state index contributed by atoms with van der Waals surface area (Å²) in [5.74, 6) is 0.483. The van der Waals surface area contributed by atoms with Crippen LogP contribution in [0.4, 0.5) is 19.0 Å². The second kappa shape index (κ2) is 9.19. The van der Waals surface area contributed by atoms with Gasteiger partial charge in [-0.1, -0.05) is 60.1 Å². The molecule has 2 aromatic carbocycles. The van der Waals surface area contributed by atoms with Crippen molar-refractivity contribution in [3.05, 3.63) is 82.5 Å². The second-order valence-corrected chi connectivity index (χ2v) is 10.1. The lowest BCUT2D eigenvalue weighted by Crippen LogP contribution is -2.40. The van der Waals surface area contributed by atoms with Crippen LogP contribution in [0.5, 0.6) is 0 Å². The van der Waals surface area contributed by atoms with Gasteiger partial charge in [0.05, 0.1) is 12.2 Å². The summed E-state index contributed by atoms with van der Waals surface area (Å²) in [6.45, 7) is 0.919. The first-order valence-corrected chi connectivity index (χ1v) is 12.4. The smallest absolute Gasteiger partial charge is 0.363 e. The van der Waals surface area contributed by atoms with Crippen molar-refractivity contribution in [3.63, 3.8) is 0 Å². The molecule has 0 bridgehead atoms. The number of halogens is 4. The third-order valence-corrected chi connectivity index (χ3v) is 7.84. The molecule has 0 spiro atoms. The molecular weight excluding hydrogens is 485 g/mol. The highest BCUT2D eigenvalue weighted by molar-refractivity contribution is 7.99. The number of nitrogens with one attached hydrogen (secondary N) is 1. The van der Waals surface area contributed by atoms with Crippen LogP contribution in [-0.2, 0) is 0 Å². The highest BCUT2D eigenvalue weighted by Gasteiger charge is 2.47. The molecule has 3 heterocycles. The minimum absolute atomic E-state index is 0.00856. The molecule has 1 aromatic heterocycles. The zero-order valence-corrected chi connectivity index (χ0v) is 19.6. The molecule has 1 fully saturated rings. The van der Waals surface area contributed by atoms with Crippen molar-refractivity contribution >= 4 is 35.1 Å². The Hall–Kier alpha value is -2.65. The molecule has 1 saturated heterocycles. The van der Waals surface area contributed by atoms with E-state index in [1.165, 1.54) is 6.20 Å². The average molecular weight is 507 g/mol. The minimum Gasteiger partial charge on any atom is -0.363 e. The molecule has 3 atom stereocenters. The lowest BCUT2D eigenvalue weighted by atomic mass is 9.96. The summed E-state index contributed by atoms with van der Waals surface area (Å²) in [5, 5.41) is 7.79. The van der Waals surface area contributed by atoms with Crippen LogP contribution in [0.15, 0.2) is 60.8 Å². The van der Waals surface area contributed by atoms with Crippen LogP contribution < -0.4 is 5.32 Å². The number of anilines is 1. The van der Waals surface area contributed by atoms with Crippen LogP contribution in [0.2, 0.25) is 5.02 Å². The normalized spacial score (nSPS) is 22.7. The molecule has 10 heteroatoms. The molecule has 5 nitrogen and oxygen atoms in total. The number of aromatic nitrogens is 2. The molecule has 178 valence electrons. The topological polar surface area (TPSA) is 50.2 Å². The van der Waals surface area contributed by atoms with Crippen molar-refractivity contribution in [1.29, 1.82) is 0 Å². The summed E-state index contributed by atoms with van der Waals surface area (Å²) in [4.78, 5) is 15.2. The third-order valence-electron chi connectivity index (χ3n) is 6.28. The number of nitrogens with zero attached hydrogens (tertiary/aromatic N) is 3. The number of alkyl halides is 3. The van der Waals surface area contributed by atoms with E-state index >= 15 is 0 Å². The summed E-state index contributed by atoms with van der Waals surface area (Å²) in [6, 6.07) is 14.1. The van der Waals surface area contributed by atoms with Crippen molar-refractivity contribution < 1.29 is 18.0 Å². The Bertz CT molecular complexity index is 1190. The molecule has 2 aliphatic rings. The van der Waals surface area contributed by atoms with Crippen molar-refractivity contribution in [3.8, 4) is 0 Å². The van der Waals surface area contributed by atoms with Crippen molar-refractivity contribution in [2.24, 2.45) is 0 Å². The van der Waals surface area contributed by atoms with E-state index in [1.807, 2.05) is 30.3 Å². The number of thioether (sulfide) groups is 1. The average Bonchev–Trinajstić information content (AvgIpc) is 3.27. The van der Waals surface area contributed by atoms with Gasteiger partial charge < -0.3 is 10.2 Å². The first-order valence-electron chi connectivity index (χ1n) is 10.9. The fourth-order valence-electron chi connectivity index (χ4n) is 4.55. The van der Waals surface area contributed by atoms with Gasteiger partial charge in [0.2, 0.25) is 0 Å². The first kappa shape index (κ1) is 23.1. The van der Waals surface area contributed by atoms with E-state index in [0.717, 1.165) is 15.8 Å². The SMILES string of the molecule is O=C(c1cnn2c1NC(c1ccccc1)CC2C(F)(F)F)N1CCSC(c2ccccc2Cl)C1. The second-order valence-electron chi connectivity index (χ2n) is 8.38. The Balaban J connectivity index is 1.45. The fourth-order valence-corrected chi connectivity index (χ4v) is 6.16. The van der Waals surface area contributed by atoms with Gasteiger partial charge >= 0.3 is 6.18 Å². The molecule has 3 aromatic rings. The Labute approximate surface area is 204 Å². The fraction of sp³-hybridized carbons (Fsp3) is 0.333. The van der Waals surface area contributed by atoms with Gasteiger partial charge in [0.25, 0.3) is 5.91 Å². The minimum atomic E-state index is -4.49. The standard InChI is InChI=1S/C24H22ClF3N4OS/c25-18-9-5-4-8-16(18)20-14-31(10-11-34-20)23(33)17-13-29-32-21(24(26,27)28)12-19(30-22(17)32)15-6-2-1-3-7-15/h1-9,13,19-21,30H,10-12,14H2. The molecule has 1 N–H and O–H groups in total. The molecule has 34 heavy (non-hydrogen) atoms. The van der Waals surface area contributed by atoms with E-state index in [9.17, 15) is 18.0 Å². The molecule has 0 radical (unpaired) electrons. The number of rotatable bonds is 3. The maximum absolute atomic E-state index is 14.0. The van der Waals surface area contributed by atoms with E-state index in [-0.39, 0.29) is 29.0 Å². The van der Waals surface area contributed by atoms with Crippen LogP contribution >= 0.6 is 23.4 Å². The lowest BCUT2D eigenvalue weighted by Gasteiger charge is -2.35. The number of carbonyl (C=O) groups excluding carboxylic acids is 1. The number of hydrogen-bond acceptors (Lipinski definition) is 4. The van der Waals surface area contributed by atoms with E-state index in [0.29, 0.717) is 23.9 Å². The molecule has 1 amide bonds. The zero-order valence-electron chi connectivity index (χ0n) is 18.0. The van der Waals surface area contributed by atoms with Crippen LogP contribution in [0.25, 0.3) is 0 Å². The Kier molecular flexibility index (Phi) is 6.24. The van der Waals surface area contributed by atoms with Crippen LogP contribution in [0.1, 0.15) is 45.2 Å². The van der Waals surface area contributed by atoms with Crippen LogP contribution in [0.3, 0.4) is 0 Å². The number of amides is 1. The van der Waals surface area contributed by atoms with Crippen molar-refractivity contribution in [2.75, 3.05) is 24.2 Å². The van der Waals surface area contributed by atoms with Gasteiger partial charge in [0.1, 0.15) is 11.4 Å². The van der Waals surface area contributed by atoms with Crippen LogP contribution in [-0.4, -0.2) is 45.6 Å². The van der Waals surface area contributed by atoms with Crippen molar-refractivity contribution in [2.45, 2.75) is 29.9 Å². The van der Waals surface area contributed by atoms with E-state index < -0.39 is 18.3 Å². The molecule has 2 aliphatic heterocycles. The maximum atomic E-state index is 14.0. The predicted molar refractivity (Wildman–Crippen MR) is 127 cm³/mol. The number of benzene rings is 2. The highest BCUT2D eigenvalue weighted by Crippen LogP contribution is 2.45. The first-order chi connectivity index (χ1) is 16.3. The maximum Gasteiger partial charge on any atom is 0.410 e. The lowest BCUT2D eigenvalue weighted by molar-refractivity contribution is -0.173. The predicted octanol–water partition coefficient (Wildman–Crippen LogP) is 6.13. The summed E-state index contributed by atoms with van der Waals surface area (Å²) in [5.41, 5.74) is 1.83. The van der Waals surface area contributed by atoms with Gasteiger partial charge in [-0.05, 0) is 17.2 Å². The van der Waals surface area contributed by atoms with E-state index in [2.05, 4.69) is 10.4 Å². The number of fused-ring (bicyclic) bond motifs is 1. The summed E-state index contributed by atoms with van der Waals surface area (Å²) >= 11 is 8.08. The molecule has 0 saturated carbocycles. The summed E-state index contributed by atoms with van der Waals surface area (Å²) < 4.78 is 42.8. The molecular formula is C24H22ClF3N4OS. The van der Waals surface area contributed by atoms with E-state index in [1.54, 1.807) is 40.9 Å². The Morgan fingerprint density at radius 2 is 1.85 bits per heavy atom. The number of hydrogen-bond donors (Lipinski definition) is 1. The van der Waals surface area contributed by atoms with Crippen LogP contribution in [0, 0.1) is 0 Å². The van der Waals surface area contributed by atoms with Gasteiger partial charge in [-0.15, -0.1) is 0 Å². The van der Waals surface area contributed by atoms with Gasteiger partial charge in [0, 0.05) is 35.5 Å². The van der Waals surface area contributed by atoms with Crippen molar-refractivity contribution in [1.82, 2.24) is 14.7 Å². The van der Waals surface area contributed by atoms with E-state index in [4.69, 9.17) is 11.6 Å². The summed E-state index contributed by atoms with van der Waals surface area (Å²) in [6.07, 6.45) is -3.44. The molecule has 5 rings (SSSR count). The molecule has 3 unspecified atom stereocenters. The van der Waals surface area contributed by atoms with Gasteiger partial charge in [0.15, 0.2) is 6.04 Å². The largest absolute Gasteiger partial charge is 0.410 e. The van der Waals surface area contributed by atoms with Gasteiger partial charge in [-0.2, -0.15) is 30.0 Å².